The van der Waals surface area contributed by atoms with E-state index in [1.807, 2.05) is 12.2 Å². The minimum atomic E-state index is 0.340. The zero-order chi connectivity index (χ0) is 30.7. The Labute approximate surface area is 254 Å². The van der Waals surface area contributed by atoms with Crippen molar-refractivity contribution in [2.24, 2.45) is 17.3 Å². The molecule has 0 radical (unpaired) electrons. The predicted molar refractivity (Wildman–Crippen MR) is 186 cm³/mol. The lowest BCUT2D eigenvalue weighted by Crippen LogP contribution is -2.23. The highest BCUT2D eigenvalue weighted by molar-refractivity contribution is 5.74. The molecule has 0 aromatic heterocycles. The molecule has 1 aromatic rings. The van der Waals surface area contributed by atoms with Crippen molar-refractivity contribution in [2.75, 3.05) is 0 Å². The second-order valence-corrected chi connectivity index (χ2v) is 13.5. The molecule has 0 unspecified atom stereocenters. The van der Waals surface area contributed by atoms with Crippen LogP contribution >= 0.6 is 0 Å². The molecule has 1 aliphatic carbocycles. The van der Waals surface area contributed by atoms with Crippen LogP contribution in [-0.4, -0.2) is 0 Å². The number of hydrogen-bond donors (Lipinski definition) is 0. The SMILES string of the molecule is C=C/C=C\C(=C/C)c1ccc([C@@H](CCC)[C@@H](C)CC(=C)/C(C)=C/C(=C/C2=C(C)CC[C@H](C(C)(C)C)C2)C(=C)C)cc1. The molecule has 0 aliphatic heterocycles. The standard InChI is InChI=1S/C41H58/c1-13-16-18-34(15-3)35-20-22-36(23-21-35)40(17-14-2)33(9)25-31(7)32(8)26-37(29(4)5)27-38-28-39(41(10,11)12)24-19-30(38)6/h13,15-16,18,20-23,26-27,33,39-40H,1,4,7,14,17,19,24-25,28H2,2-3,5-6,8-12H3/b18-16-,32-26+,34-15+,37-27-/t33-,39-,40-/m0/s1. The van der Waals surface area contributed by atoms with Crippen LogP contribution in [-0.2, 0) is 0 Å². The van der Waals surface area contributed by atoms with Gasteiger partial charge in [-0.15, -0.1) is 0 Å². The van der Waals surface area contributed by atoms with Gasteiger partial charge in [0.2, 0.25) is 0 Å². The maximum absolute atomic E-state index is 4.57. The van der Waals surface area contributed by atoms with Gasteiger partial charge in [-0.25, -0.2) is 0 Å². The van der Waals surface area contributed by atoms with Crippen molar-refractivity contribution in [3.63, 3.8) is 0 Å². The third-order valence-corrected chi connectivity index (χ3v) is 9.11. The topological polar surface area (TPSA) is 0 Å². The van der Waals surface area contributed by atoms with Gasteiger partial charge >= 0.3 is 0 Å². The molecule has 3 atom stereocenters. The summed E-state index contributed by atoms with van der Waals surface area (Å²) in [7, 11) is 0. The second-order valence-electron chi connectivity index (χ2n) is 13.5. The molecule has 1 aromatic carbocycles. The molecule has 41 heavy (non-hydrogen) atoms. The van der Waals surface area contributed by atoms with E-state index in [2.05, 4.69) is 131 Å². The number of hydrogen-bond acceptors (Lipinski definition) is 0. The van der Waals surface area contributed by atoms with Gasteiger partial charge in [-0.1, -0.05) is 138 Å². The molecule has 1 aliphatic rings. The molecule has 0 nitrogen and oxygen atoms in total. The van der Waals surface area contributed by atoms with Crippen molar-refractivity contribution in [2.45, 2.75) is 107 Å². The van der Waals surface area contributed by atoms with Gasteiger partial charge in [0.25, 0.3) is 0 Å². The van der Waals surface area contributed by atoms with E-state index in [-0.39, 0.29) is 0 Å². The number of benzene rings is 1. The highest BCUT2D eigenvalue weighted by Gasteiger charge is 2.28. The quantitative estimate of drug-likeness (QED) is 0.214. The van der Waals surface area contributed by atoms with E-state index in [9.17, 15) is 0 Å². The maximum atomic E-state index is 4.57. The van der Waals surface area contributed by atoms with Crippen molar-refractivity contribution < 1.29 is 0 Å². The molecular weight excluding hydrogens is 492 g/mol. The number of allylic oxidation sites excluding steroid dienone is 13. The van der Waals surface area contributed by atoms with E-state index in [0.29, 0.717) is 17.3 Å². The molecule has 0 amide bonds. The minimum absolute atomic E-state index is 0.340. The first-order valence-corrected chi connectivity index (χ1v) is 15.8. The Morgan fingerprint density at radius 3 is 2.29 bits per heavy atom. The van der Waals surface area contributed by atoms with Gasteiger partial charge < -0.3 is 0 Å². The summed E-state index contributed by atoms with van der Waals surface area (Å²) < 4.78 is 0. The Kier molecular flexibility index (Phi) is 13.4. The molecule has 0 bridgehead atoms. The zero-order valence-corrected chi connectivity index (χ0v) is 27.9. The fourth-order valence-corrected chi connectivity index (χ4v) is 6.06. The van der Waals surface area contributed by atoms with E-state index in [1.165, 1.54) is 70.2 Å². The molecular formula is C41H58. The summed E-state index contributed by atoms with van der Waals surface area (Å²) in [6.45, 7) is 33.3. The van der Waals surface area contributed by atoms with E-state index >= 15 is 0 Å². The van der Waals surface area contributed by atoms with Gasteiger partial charge in [0.05, 0.1) is 0 Å². The first-order valence-electron chi connectivity index (χ1n) is 15.8. The average Bonchev–Trinajstić information content (AvgIpc) is 2.92. The maximum Gasteiger partial charge on any atom is -0.0133 e. The van der Waals surface area contributed by atoms with Gasteiger partial charge in [-0.2, -0.15) is 0 Å². The Bertz CT molecular complexity index is 1210. The Morgan fingerprint density at radius 1 is 1.10 bits per heavy atom. The largest absolute Gasteiger partial charge is 0.0991 e. The highest BCUT2D eigenvalue weighted by Crippen LogP contribution is 2.41. The lowest BCUT2D eigenvalue weighted by atomic mass is 9.70. The fraction of sp³-hybridized carbons (Fsp3) is 0.463. The summed E-state index contributed by atoms with van der Waals surface area (Å²) in [5, 5.41) is 0. The Balaban J connectivity index is 2.24. The van der Waals surface area contributed by atoms with Crippen LogP contribution in [0, 0.1) is 17.3 Å². The third-order valence-electron chi connectivity index (χ3n) is 9.11. The molecule has 0 saturated heterocycles. The molecule has 0 spiro atoms. The highest BCUT2D eigenvalue weighted by atomic mass is 14.3. The normalized spacial score (nSPS) is 19.0. The molecule has 0 saturated carbocycles. The van der Waals surface area contributed by atoms with E-state index in [1.54, 1.807) is 0 Å². The second kappa shape index (κ2) is 16.0. The van der Waals surface area contributed by atoms with Crippen molar-refractivity contribution in [3.05, 3.63) is 125 Å². The van der Waals surface area contributed by atoms with Crippen LogP contribution < -0.4 is 0 Å². The van der Waals surface area contributed by atoms with Crippen LogP contribution in [0.3, 0.4) is 0 Å². The molecule has 0 fully saturated rings. The summed E-state index contributed by atoms with van der Waals surface area (Å²) in [4.78, 5) is 0. The Hall–Kier alpha value is -2.86. The predicted octanol–water partition coefficient (Wildman–Crippen LogP) is 12.9. The summed E-state index contributed by atoms with van der Waals surface area (Å²) in [6, 6.07) is 9.19. The smallest absolute Gasteiger partial charge is 0.0133 e. The van der Waals surface area contributed by atoms with Gasteiger partial charge in [0.1, 0.15) is 0 Å². The third kappa shape index (κ3) is 10.2. The van der Waals surface area contributed by atoms with Crippen molar-refractivity contribution >= 4 is 5.57 Å². The molecule has 0 heteroatoms. The van der Waals surface area contributed by atoms with E-state index in [4.69, 9.17) is 0 Å². The first-order chi connectivity index (χ1) is 19.3. The minimum Gasteiger partial charge on any atom is -0.0991 e. The average molecular weight is 551 g/mol. The Morgan fingerprint density at radius 2 is 1.76 bits per heavy atom. The zero-order valence-electron chi connectivity index (χ0n) is 27.9. The van der Waals surface area contributed by atoms with E-state index < -0.39 is 0 Å². The molecule has 222 valence electrons. The lowest BCUT2D eigenvalue weighted by molar-refractivity contribution is 0.217. The van der Waals surface area contributed by atoms with Crippen molar-refractivity contribution in [1.82, 2.24) is 0 Å². The van der Waals surface area contributed by atoms with Gasteiger partial charge in [0, 0.05) is 0 Å². The van der Waals surface area contributed by atoms with Crippen LogP contribution in [0.4, 0.5) is 0 Å². The molecule has 0 heterocycles. The van der Waals surface area contributed by atoms with Crippen LogP contribution in [0.5, 0.6) is 0 Å². The van der Waals surface area contributed by atoms with Crippen LogP contribution in [0.25, 0.3) is 5.57 Å². The number of rotatable bonds is 13. The van der Waals surface area contributed by atoms with Gasteiger partial charge in [-0.3, -0.25) is 0 Å². The summed E-state index contributed by atoms with van der Waals surface area (Å²) in [5.41, 5.74) is 12.1. The summed E-state index contributed by atoms with van der Waals surface area (Å²) in [6.07, 6.45) is 19.9. The molecule has 0 N–H and O–H groups in total. The summed E-state index contributed by atoms with van der Waals surface area (Å²) in [5.74, 6) is 1.74. The van der Waals surface area contributed by atoms with Crippen LogP contribution in [0.2, 0.25) is 0 Å². The van der Waals surface area contributed by atoms with E-state index in [0.717, 1.165) is 24.3 Å². The van der Waals surface area contributed by atoms with Crippen LogP contribution in [0.15, 0.2) is 114 Å². The van der Waals surface area contributed by atoms with Crippen molar-refractivity contribution in [3.8, 4) is 0 Å². The van der Waals surface area contributed by atoms with Crippen LogP contribution in [0.1, 0.15) is 118 Å². The summed E-state index contributed by atoms with van der Waals surface area (Å²) >= 11 is 0. The monoisotopic (exact) mass is 550 g/mol. The first kappa shape index (κ1) is 34.3. The van der Waals surface area contributed by atoms with Gasteiger partial charge in [0.15, 0.2) is 0 Å². The lowest BCUT2D eigenvalue weighted by Gasteiger charge is -2.35. The molecule has 2 rings (SSSR count). The fourth-order valence-electron chi connectivity index (χ4n) is 6.06. The van der Waals surface area contributed by atoms with Gasteiger partial charge in [-0.05, 0) is 116 Å². The van der Waals surface area contributed by atoms with Crippen molar-refractivity contribution in [1.29, 1.82) is 0 Å².